The topological polar surface area (TPSA) is 93.1 Å². The number of para-hydroxylation sites is 1. The third-order valence-corrected chi connectivity index (χ3v) is 5.68. The van der Waals surface area contributed by atoms with E-state index in [0.717, 1.165) is 17.3 Å². The first kappa shape index (κ1) is 22.4. The average molecular weight is 442 g/mol. The van der Waals surface area contributed by atoms with Crippen LogP contribution in [-0.2, 0) is 16.0 Å². The van der Waals surface area contributed by atoms with Gasteiger partial charge in [0.25, 0.3) is 11.1 Å². The van der Waals surface area contributed by atoms with Crippen LogP contribution in [0.1, 0.15) is 31.4 Å². The van der Waals surface area contributed by atoms with Gasteiger partial charge >= 0.3 is 5.97 Å². The number of aryl methyl sites for hydroxylation is 1. The van der Waals surface area contributed by atoms with Crippen molar-refractivity contribution in [2.24, 2.45) is 0 Å². The molecule has 7 nitrogen and oxygen atoms in total. The molecule has 1 aliphatic rings. The summed E-state index contributed by atoms with van der Waals surface area (Å²) < 4.78 is 10.9. The Bertz CT molecular complexity index is 1050. The fourth-order valence-corrected chi connectivity index (χ4v) is 4.02. The molecule has 0 aliphatic carbocycles. The zero-order valence-electron chi connectivity index (χ0n) is 17.5. The molecule has 1 fully saturated rings. The molecule has 1 unspecified atom stereocenters. The first-order valence-corrected chi connectivity index (χ1v) is 10.6. The van der Waals surface area contributed by atoms with Crippen LogP contribution in [0.25, 0.3) is 6.08 Å². The molecule has 0 radical (unpaired) electrons. The number of hydrogen-bond donors (Lipinski definition) is 1. The number of amides is 2. The highest BCUT2D eigenvalue weighted by molar-refractivity contribution is 8.19. The van der Waals surface area contributed by atoms with Gasteiger partial charge < -0.3 is 14.6 Å². The molecule has 8 heteroatoms. The van der Waals surface area contributed by atoms with Crippen molar-refractivity contribution in [1.82, 2.24) is 0 Å². The number of benzene rings is 2. The number of hydrogen-bond acceptors (Lipinski definition) is 6. The largest absolute Gasteiger partial charge is 0.493 e. The predicted molar refractivity (Wildman–Crippen MR) is 120 cm³/mol. The number of nitrogens with zero attached hydrogens (tertiary/aromatic N) is 1. The fraction of sp³-hybridized carbons (Fsp3) is 0.261. The van der Waals surface area contributed by atoms with Crippen molar-refractivity contribution in [1.29, 1.82) is 0 Å². The third kappa shape index (κ3) is 4.74. The SMILES string of the molecule is CCc1ccccc1N1C(=O)S/C(=C/c2ccc(OC(CC)C(=O)O)c(OC)c2)C1=O. The predicted octanol–water partition coefficient (Wildman–Crippen LogP) is 4.74. The number of rotatable bonds is 8. The van der Waals surface area contributed by atoms with E-state index < -0.39 is 12.1 Å². The highest BCUT2D eigenvalue weighted by Crippen LogP contribution is 2.38. The van der Waals surface area contributed by atoms with Crippen molar-refractivity contribution < 1.29 is 29.0 Å². The Morgan fingerprint density at radius 2 is 1.90 bits per heavy atom. The Labute approximate surface area is 184 Å². The number of anilines is 1. The van der Waals surface area contributed by atoms with Crippen molar-refractivity contribution in [3.8, 4) is 11.5 Å². The summed E-state index contributed by atoms with van der Waals surface area (Å²) in [6, 6.07) is 12.2. The van der Waals surface area contributed by atoms with Crippen LogP contribution in [0.4, 0.5) is 10.5 Å². The van der Waals surface area contributed by atoms with Gasteiger partial charge in [0.2, 0.25) is 0 Å². The smallest absolute Gasteiger partial charge is 0.344 e. The minimum absolute atomic E-state index is 0.291. The summed E-state index contributed by atoms with van der Waals surface area (Å²) in [5, 5.41) is 8.85. The lowest BCUT2D eigenvalue weighted by molar-refractivity contribution is -0.145. The molecule has 0 aromatic heterocycles. The van der Waals surface area contributed by atoms with Crippen LogP contribution >= 0.6 is 11.8 Å². The van der Waals surface area contributed by atoms with Crippen molar-refractivity contribution in [3.63, 3.8) is 0 Å². The van der Waals surface area contributed by atoms with Gasteiger partial charge in [-0.2, -0.15) is 0 Å². The number of carbonyl (C=O) groups excluding carboxylic acids is 2. The van der Waals surface area contributed by atoms with Crippen LogP contribution in [0.2, 0.25) is 0 Å². The molecule has 1 atom stereocenters. The molecule has 2 amide bonds. The zero-order chi connectivity index (χ0) is 22.5. The number of carboxylic acid groups (broad SMARTS) is 1. The Kier molecular flexibility index (Phi) is 7.02. The highest BCUT2D eigenvalue weighted by atomic mass is 32.2. The van der Waals surface area contributed by atoms with E-state index in [1.54, 1.807) is 43.3 Å². The number of ether oxygens (including phenoxy) is 2. The maximum atomic E-state index is 13.0. The Balaban J connectivity index is 1.89. The molecule has 162 valence electrons. The van der Waals surface area contributed by atoms with Crippen molar-refractivity contribution >= 4 is 40.6 Å². The Hall–Kier alpha value is -3.26. The Morgan fingerprint density at radius 1 is 1.16 bits per heavy atom. The van der Waals surface area contributed by atoms with E-state index in [4.69, 9.17) is 9.47 Å². The monoisotopic (exact) mass is 441 g/mol. The molecule has 1 aliphatic heterocycles. The second kappa shape index (κ2) is 9.70. The van der Waals surface area contributed by atoms with Gasteiger partial charge in [0.1, 0.15) is 0 Å². The lowest BCUT2D eigenvalue weighted by Crippen LogP contribution is -2.28. The zero-order valence-corrected chi connectivity index (χ0v) is 18.3. The van der Waals surface area contributed by atoms with Crippen LogP contribution < -0.4 is 14.4 Å². The molecule has 0 saturated carbocycles. The van der Waals surface area contributed by atoms with E-state index >= 15 is 0 Å². The summed E-state index contributed by atoms with van der Waals surface area (Å²) in [7, 11) is 1.45. The third-order valence-electron chi connectivity index (χ3n) is 4.81. The average Bonchev–Trinajstić information content (AvgIpc) is 3.04. The number of thioether (sulfide) groups is 1. The summed E-state index contributed by atoms with van der Waals surface area (Å²) in [5.74, 6) is -0.815. The first-order valence-electron chi connectivity index (χ1n) is 9.82. The standard InChI is InChI=1S/C23H23NO6S/c1-4-15-8-6-7-9-16(15)24-21(25)20(31-23(24)28)13-14-10-11-18(19(12-14)29-3)30-17(5-2)22(26)27/h6-13,17H,4-5H2,1-3H3,(H,26,27)/b20-13+. The van der Waals surface area contributed by atoms with Crippen molar-refractivity contribution in [2.75, 3.05) is 12.0 Å². The molecule has 31 heavy (non-hydrogen) atoms. The van der Waals surface area contributed by atoms with Gasteiger partial charge in [-0.15, -0.1) is 0 Å². The molecule has 1 saturated heterocycles. The molecule has 1 N–H and O–H groups in total. The summed E-state index contributed by atoms with van der Waals surface area (Å²) in [6.07, 6.45) is 1.62. The van der Waals surface area contributed by atoms with Crippen LogP contribution in [0.15, 0.2) is 47.4 Å². The number of methoxy groups -OCH3 is 1. The molecule has 2 aromatic rings. The fourth-order valence-electron chi connectivity index (χ4n) is 3.19. The molecule has 3 rings (SSSR count). The number of carbonyl (C=O) groups is 3. The summed E-state index contributed by atoms with van der Waals surface area (Å²) in [6.45, 7) is 3.68. The van der Waals surface area contributed by atoms with Gasteiger partial charge in [-0.1, -0.05) is 38.1 Å². The maximum absolute atomic E-state index is 13.0. The normalized spacial score (nSPS) is 16.0. The van der Waals surface area contributed by atoms with E-state index in [1.807, 2.05) is 19.1 Å². The van der Waals surface area contributed by atoms with Gasteiger partial charge in [0, 0.05) is 0 Å². The summed E-state index contributed by atoms with van der Waals surface area (Å²) in [5.41, 5.74) is 2.14. The highest BCUT2D eigenvalue weighted by Gasteiger charge is 2.37. The second-order valence-electron chi connectivity index (χ2n) is 6.76. The van der Waals surface area contributed by atoms with Crippen LogP contribution in [-0.4, -0.2) is 35.4 Å². The van der Waals surface area contributed by atoms with E-state index in [-0.39, 0.29) is 11.1 Å². The van der Waals surface area contributed by atoms with Gasteiger partial charge in [-0.05, 0) is 60.0 Å². The summed E-state index contributed by atoms with van der Waals surface area (Å²) in [4.78, 5) is 38.3. The van der Waals surface area contributed by atoms with Crippen molar-refractivity contribution in [3.05, 3.63) is 58.5 Å². The van der Waals surface area contributed by atoms with Gasteiger partial charge in [0.15, 0.2) is 17.6 Å². The van der Waals surface area contributed by atoms with E-state index in [1.165, 1.54) is 12.0 Å². The van der Waals surface area contributed by atoms with Crippen LogP contribution in [0, 0.1) is 0 Å². The molecular weight excluding hydrogens is 418 g/mol. The molecule has 0 spiro atoms. The molecule has 1 heterocycles. The lowest BCUT2D eigenvalue weighted by Gasteiger charge is -2.16. The lowest BCUT2D eigenvalue weighted by atomic mass is 10.1. The molecular formula is C23H23NO6S. The van der Waals surface area contributed by atoms with Crippen molar-refractivity contribution in [2.45, 2.75) is 32.8 Å². The minimum atomic E-state index is -1.06. The minimum Gasteiger partial charge on any atom is -0.493 e. The van der Waals surface area contributed by atoms with Gasteiger partial charge in [-0.25, -0.2) is 9.69 Å². The Morgan fingerprint density at radius 3 is 2.55 bits per heavy atom. The molecule has 0 bridgehead atoms. The van der Waals surface area contributed by atoms with E-state index in [2.05, 4.69) is 0 Å². The van der Waals surface area contributed by atoms with E-state index in [0.29, 0.717) is 40.5 Å². The second-order valence-corrected chi connectivity index (χ2v) is 7.76. The van der Waals surface area contributed by atoms with Gasteiger partial charge in [-0.3, -0.25) is 9.59 Å². The number of imide groups is 1. The number of carboxylic acids is 1. The number of aliphatic carboxylic acids is 1. The molecule has 2 aromatic carbocycles. The van der Waals surface area contributed by atoms with Crippen LogP contribution in [0.3, 0.4) is 0 Å². The van der Waals surface area contributed by atoms with Crippen LogP contribution in [0.5, 0.6) is 11.5 Å². The maximum Gasteiger partial charge on any atom is 0.344 e. The first-order chi connectivity index (χ1) is 14.9. The van der Waals surface area contributed by atoms with E-state index in [9.17, 15) is 19.5 Å². The summed E-state index contributed by atoms with van der Waals surface area (Å²) >= 11 is 0.875. The van der Waals surface area contributed by atoms with Gasteiger partial charge in [0.05, 0.1) is 17.7 Å². The quantitative estimate of drug-likeness (QED) is 0.591.